The normalized spacial score (nSPS) is 13.1. The van der Waals surface area contributed by atoms with Gasteiger partial charge in [-0.2, -0.15) is 0 Å². The molecule has 11 rings (SSSR count). The van der Waals surface area contributed by atoms with Crippen LogP contribution in [0.4, 0.5) is 17.1 Å². The van der Waals surface area contributed by atoms with Gasteiger partial charge in [-0.15, -0.1) is 0 Å². The molecule has 260 valence electrons. The molecule has 2 nitrogen and oxygen atoms in total. The third-order valence-electron chi connectivity index (χ3n) is 11.8. The fourth-order valence-electron chi connectivity index (χ4n) is 8.95. The topological polar surface area (TPSA) is 16.4 Å². The molecule has 0 atom stereocenters. The first-order valence-electron chi connectivity index (χ1n) is 19.1. The van der Waals surface area contributed by atoms with E-state index < -0.39 is 0 Å². The molecule has 1 heterocycles. The molecule has 9 aromatic carbocycles. The predicted octanol–water partition coefficient (Wildman–Crippen LogP) is 15.0. The highest BCUT2D eigenvalue weighted by atomic mass is 16.3. The summed E-state index contributed by atoms with van der Waals surface area (Å²) >= 11 is 0. The van der Waals surface area contributed by atoms with Crippen LogP contribution in [0.25, 0.3) is 76.9 Å². The number of para-hydroxylation sites is 1. The lowest BCUT2D eigenvalue weighted by molar-refractivity contribution is 0.660. The lowest BCUT2D eigenvalue weighted by Gasteiger charge is -2.29. The molecular weight excluding hydrogens is 667 g/mol. The van der Waals surface area contributed by atoms with Gasteiger partial charge in [0.2, 0.25) is 0 Å². The molecule has 1 aliphatic rings. The molecule has 0 fully saturated rings. The van der Waals surface area contributed by atoms with Crippen molar-refractivity contribution in [2.45, 2.75) is 19.3 Å². The summed E-state index contributed by atoms with van der Waals surface area (Å²) in [6, 6.07) is 68.6. The van der Waals surface area contributed by atoms with Crippen LogP contribution in [0.5, 0.6) is 0 Å². The average molecular weight is 704 g/mol. The second-order valence-electron chi connectivity index (χ2n) is 15.4. The van der Waals surface area contributed by atoms with Gasteiger partial charge in [0.1, 0.15) is 11.2 Å². The molecule has 0 bridgehead atoms. The Hall–Kier alpha value is -6.90. The number of rotatable bonds is 5. The van der Waals surface area contributed by atoms with Crippen molar-refractivity contribution in [3.63, 3.8) is 0 Å². The van der Waals surface area contributed by atoms with Gasteiger partial charge in [0.25, 0.3) is 0 Å². The molecule has 55 heavy (non-hydrogen) atoms. The Kier molecular flexibility index (Phi) is 6.93. The molecule has 0 aliphatic heterocycles. The number of fused-ring (bicyclic) bond motifs is 8. The molecule has 0 saturated carbocycles. The summed E-state index contributed by atoms with van der Waals surface area (Å²) < 4.78 is 6.13. The highest BCUT2D eigenvalue weighted by molar-refractivity contribution is 6.06. The number of hydrogen-bond donors (Lipinski definition) is 0. The summed E-state index contributed by atoms with van der Waals surface area (Å²) in [7, 11) is 0. The van der Waals surface area contributed by atoms with Crippen LogP contribution in [0.3, 0.4) is 0 Å². The second-order valence-corrected chi connectivity index (χ2v) is 15.4. The minimum absolute atomic E-state index is 0.183. The van der Waals surface area contributed by atoms with Gasteiger partial charge >= 0.3 is 0 Å². The van der Waals surface area contributed by atoms with Crippen molar-refractivity contribution in [1.82, 2.24) is 0 Å². The third-order valence-corrected chi connectivity index (χ3v) is 11.8. The smallest absolute Gasteiger partial charge is 0.135 e. The number of furan rings is 1. The summed E-state index contributed by atoms with van der Waals surface area (Å²) in [6.45, 7) is 4.76. The Bertz CT molecular complexity index is 3120. The average Bonchev–Trinajstić information content (AvgIpc) is 3.72. The van der Waals surface area contributed by atoms with Gasteiger partial charge in [0, 0.05) is 32.9 Å². The van der Waals surface area contributed by atoms with Gasteiger partial charge in [-0.1, -0.05) is 141 Å². The van der Waals surface area contributed by atoms with E-state index in [1.165, 1.54) is 66.1 Å². The Morgan fingerprint density at radius 3 is 1.82 bits per heavy atom. The lowest BCUT2D eigenvalue weighted by atomic mass is 9.81. The van der Waals surface area contributed by atoms with E-state index in [0.717, 1.165) is 39.0 Å². The Morgan fingerprint density at radius 1 is 0.382 bits per heavy atom. The third kappa shape index (κ3) is 5.02. The summed E-state index contributed by atoms with van der Waals surface area (Å²) in [5.74, 6) is 0. The van der Waals surface area contributed by atoms with Crippen molar-refractivity contribution in [3.8, 4) is 33.4 Å². The van der Waals surface area contributed by atoms with E-state index in [0.29, 0.717) is 0 Å². The Labute approximate surface area is 320 Å². The highest BCUT2D eigenvalue weighted by Gasteiger charge is 2.36. The monoisotopic (exact) mass is 703 g/mol. The van der Waals surface area contributed by atoms with Crippen LogP contribution >= 0.6 is 0 Å². The largest absolute Gasteiger partial charge is 0.456 e. The Morgan fingerprint density at radius 2 is 0.964 bits per heavy atom. The van der Waals surface area contributed by atoms with Gasteiger partial charge in [-0.3, -0.25) is 0 Å². The van der Waals surface area contributed by atoms with Crippen LogP contribution in [0.1, 0.15) is 25.0 Å². The SMILES string of the molecule is CC1(C)c2cc(-c3ccc4ccccc4c3)ccc2-c2ccc(N(c3ccc(-c4ccc5oc6ccccc6c5c4)cc3)c3cccc4ccccc34)cc21. The molecule has 10 aromatic rings. The second kappa shape index (κ2) is 12.1. The standard InChI is InChI=1S/C53H37NO/c1-53(2)48-32-40(38-19-18-34-10-3-4-12-37(34)30-38)22-27-44(48)45-28-26-42(33-49(45)53)54(50-16-9-13-36-11-5-6-14-43(36)50)41-24-20-35(21-25-41)39-23-29-52-47(31-39)46-15-7-8-17-51(46)55-52/h3-33H,1-2H3. The van der Waals surface area contributed by atoms with E-state index in [1.807, 2.05) is 12.1 Å². The summed E-state index contributed by atoms with van der Waals surface area (Å²) in [5, 5.41) is 7.25. The molecule has 2 heteroatoms. The van der Waals surface area contributed by atoms with E-state index in [2.05, 4.69) is 195 Å². The van der Waals surface area contributed by atoms with Gasteiger partial charge in [0.15, 0.2) is 0 Å². The zero-order valence-corrected chi connectivity index (χ0v) is 30.8. The van der Waals surface area contributed by atoms with Crippen LogP contribution in [-0.2, 0) is 5.41 Å². The van der Waals surface area contributed by atoms with E-state index in [4.69, 9.17) is 4.42 Å². The molecule has 0 spiro atoms. The zero-order valence-electron chi connectivity index (χ0n) is 30.8. The fraction of sp³-hybridized carbons (Fsp3) is 0.0566. The first-order chi connectivity index (χ1) is 27.0. The fourth-order valence-corrected chi connectivity index (χ4v) is 8.95. The predicted molar refractivity (Wildman–Crippen MR) is 232 cm³/mol. The van der Waals surface area contributed by atoms with Gasteiger partial charge < -0.3 is 9.32 Å². The highest BCUT2D eigenvalue weighted by Crippen LogP contribution is 2.52. The van der Waals surface area contributed by atoms with Crippen molar-refractivity contribution in [2.24, 2.45) is 0 Å². The minimum atomic E-state index is -0.183. The minimum Gasteiger partial charge on any atom is -0.456 e. The van der Waals surface area contributed by atoms with E-state index in [1.54, 1.807) is 0 Å². The molecule has 0 unspecified atom stereocenters. The maximum absolute atomic E-state index is 6.13. The van der Waals surface area contributed by atoms with Crippen LogP contribution < -0.4 is 4.90 Å². The molecule has 0 saturated heterocycles. The summed E-state index contributed by atoms with van der Waals surface area (Å²) in [5.41, 5.74) is 15.2. The van der Waals surface area contributed by atoms with Gasteiger partial charge in [0.05, 0.1) is 5.69 Å². The van der Waals surface area contributed by atoms with Crippen LogP contribution in [0.15, 0.2) is 192 Å². The van der Waals surface area contributed by atoms with Gasteiger partial charge in [-0.25, -0.2) is 0 Å². The zero-order chi connectivity index (χ0) is 36.7. The number of hydrogen-bond acceptors (Lipinski definition) is 2. The maximum Gasteiger partial charge on any atom is 0.135 e. The first-order valence-corrected chi connectivity index (χ1v) is 19.1. The molecular formula is C53H37NO. The van der Waals surface area contributed by atoms with E-state index in [-0.39, 0.29) is 5.41 Å². The molecule has 1 aromatic heterocycles. The quantitative estimate of drug-likeness (QED) is 0.177. The lowest BCUT2D eigenvalue weighted by Crippen LogP contribution is -2.16. The Balaban J connectivity index is 1.01. The van der Waals surface area contributed by atoms with E-state index >= 15 is 0 Å². The maximum atomic E-state index is 6.13. The number of anilines is 3. The van der Waals surface area contributed by atoms with Crippen molar-refractivity contribution < 1.29 is 4.42 Å². The van der Waals surface area contributed by atoms with Gasteiger partial charge in [-0.05, 0) is 121 Å². The van der Waals surface area contributed by atoms with Crippen LogP contribution in [0.2, 0.25) is 0 Å². The summed E-state index contributed by atoms with van der Waals surface area (Å²) in [4.78, 5) is 2.43. The van der Waals surface area contributed by atoms with Crippen LogP contribution in [0, 0.1) is 0 Å². The van der Waals surface area contributed by atoms with Crippen molar-refractivity contribution >= 4 is 60.5 Å². The van der Waals surface area contributed by atoms with E-state index in [9.17, 15) is 0 Å². The number of nitrogens with zero attached hydrogens (tertiary/aromatic N) is 1. The van der Waals surface area contributed by atoms with Crippen molar-refractivity contribution in [2.75, 3.05) is 4.90 Å². The number of benzene rings is 9. The van der Waals surface area contributed by atoms with Crippen LogP contribution in [-0.4, -0.2) is 0 Å². The van der Waals surface area contributed by atoms with Crippen molar-refractivity contribution in [3.05, 3.63) is 199 Å². The van der Waals surface area contributed by atoms with Crippen molar-refractivity contribution in [1.29, 1.82) is 0 Å². The molecule has 1 aliphatic carbocycles. The summed E-state index contributed by atoms with van der Waals surface area (Å²) in [6.07, 6.45) is 0. The molecule has 0 radical (unpaired) electrons. The first kappa shape index (κ1) is 31.6. The molecule has 0 amide bonds. The molecule has 0 N–H and O–H groups in total.